The number of anilines is 4. The Labute approximate surface area is 616 Å². The number of thiophene rings is 2. The van der Waals surface area contributed by atoms with Crippen LogP contribution >= 0.6 is 40.7 Å². The van der Waals surface area contributed by atoms with Crippen molar-refractivity contribution in [3.63, 3.8) is 0 Å². The number of halogens is 1. The molecule has 538 valence electrons. The molecule has 25 heteroatoms. The predicted molar refractivity (Wildman–Crippen MR) is 399 cm³/mol. The molecule has 0 aliphatic carbocycles. The van der Waals surface area contributed by atoms with Gasteiger partial charge in [-0.25, -0.2) is 9.59 Å². The van der Waals surface area contributed by atoms with Gasteiger partial charge in [-0.1, -0.05) is 74.5 Å². The smallest absolute Gasteiger partial charge is 0.320 e. The van der Waals surface area contributed by atoms with Crippen molar-refractivity contribution in [2.24, 2.45) is 11.7 Å². The van der Waals surface area contributed by atoms with E-state index in [1.165, 1.54) is 34.5 Å². The third-order valence-corrected chi connectivity index (χ3v) is 18.6. The Hall–Kier alpha value is -7.88. The molecule has 4 aliphatic heterocycles. The summed E-state index contributed by atoms with van der Waals surface area (Å²) >= 11 is 4.64. The molecule has 2 saturated heterocycles. The summed E-state index contributed by atoms with van der Waals surface area (Å²) in [5.74, 6) is -0.903. The first-order valence-electron chi connectivity index (χ1n) is 34.1. The molecule has 4 aromatic heterocycles. The number of rotatable bonds is 19. The van der Waals surface area contributed by atoms with E-state index in [2.05, 4.69) is 76.3 Å². The Morgan fingerprint density at radius 2 is 1.14 bits per heavy atom. The Balaban J connectivity index is 0.000000203. The number of aryl methyl sites for hydroxylation is 2. The van der Waals surface area contributed by atoms with Crippen molar-refractivity contribution >= 4 is 133 Å². The number of carbonyl (C=O) groups excluding carboxylic acids is 9. The summed E-state index contributed by atoms with van der Waals surface area (Å²) in [5.41, 5.74) is 16.6. The second-order valence-electron chi connectivity index (χ2n) is 27.1. The van der Waals surface area contributed by atoms with Crippen LogP contribution in [0.5, 0.6) is 0 Å². The fraction of sp³-hybridized carbons (Fsp3) is 0.421. The number of ketones is 1. The minimum atomic E-state index is -0.895. The molecule has 8 heterocycles. The van der Waals surface area contributed by atoms with E-state index in [4.69, 9.17) is 35.5 Å². The molecular weight excluding hydrogens is 1530 g/mol. The van der Waals surface area contributed by atoms with Crippen molar-refractivity contribution in [1.82, 2.24) is 19.8 Å². The van der Waals surface area contributed by atoms with E-state index in [9.17, 15) is 33.6 Å². The van der Waals surface area contributed by atoms with Crippen molar-refractivity contribution in [3.8, 4) is 0 Å². The number of amides is 6. The quantitative estimate of drug-likeness (QED) is 0.0684. The molecule has 4 aromatic carbocycles. The van der Waals surface area contributed by atoms with Gasteiger partial charge in [-0.15, -0.1) is 0 Å². The van der Waals surface area contributed by atoms with E-state index in [0.29, 0.717) is 58.4 Å². The van der Waals surface area contributed by atoms with Crippen LogP contribution in [0.4, 0.5) is 32.3 Å². The second kappa shape index (κ2) is 36.8. The first kappa shape index (κ1) is 78.8. The zero-order valence-electron chi connectivity index (χ0n) is 58.9. The molecule has 3 unspecified atom stereocenters. The molecule has 4 atom stereocenters. The van der Waals surface area contributed by atoms with Gasteiger partial charge in [0.2, 0.25) is 23.6 Å². The number of aromatic nitrogens is 2. The maximum atomic E-state index is 14.4. The standard InChI is InChI=1S/C38H44N4O5S.C18H19N3O2S.C18H26N2O2.CH3ClS.CO2.W/c1-5-16-40-23-28(29-11-6-7-12-31(29)40)20-30(39-37(46)47-38(2,3)4)33(43)21-27-19-26-10-8-13-32(41-17-9-14-34(41)44)35(26)42(36(27)45)22-25-15-18-48-24-25;19-14-9-13-3-1-4-15(20-7-2-5-16(20)22)17(13)21(18(14)23)10-12-6-8-24-11-12;1-5-12-20-13-14(15-8-6-7-9-16(15)20)10-11-19-17(21)22-18(2,3)4;1-3-2;2-1-3;/h6-8,10-13,15,18,23-24,27,30H,5,9,14,16-17,19-22H2,1-4H3,(H,39,46);1,3-4,6,8,11,14H,2,5,7,9-10,19H2;6-9,13H,5,10-12H2,1-4H3,(H,19,21);1H3;;/t27?,30-;;;;;/m1...../s1. The molecule has 2 fully saturated rings. The zero-order chi connectivity index (χ0) is 73.1. The van der Waals surface area contributed by atoms with E-state index in [1.54, 1.807) is 58.1 Å². The van der Waals surface area contributed by atoms with Crippen LogP contribution in [-0.2, 0) is 113 Å². The molecule has 20 nitrogen and oxygen atoms in total. The van der Waals surface area contributed by atoms with Crippen LogP contribution in [0, 0.1) is 5.92 Å². The number of benzene rings is 4. The molecule has 0 radical (unpaired) electrons. The van der Waals surface area contributed by atoms with Crippen LogP contribution in [0.3, 0.4) is 0 Å². The third-order valence-electron chi connectivity index (χ3n) is 17.1. The van der Waals surface area contributed by atoms with Gasteiger partial charge >= 0.3 is 60.6 Å². The molecule has 0 bridgehead atoms. The number of para-hydroxylation sites is 4. The fourth-order valence-corrected chi connectivity index (χ4v) is 14.4. The van der Waals surface area contributed by atoms with Crippen molar-refractivity contribution in [3.05, 3.63) is 164 Å². The van der Waals surface area contributed by atoms with Crippen LogP contribution in [-0.4, -0.2) is 106 Å². The average Bonchev–Trinajstić information content (AvgIpc) is 1.60. The van der Waals surface area contributed by atoms with Gasteiger partial charge in [0.15, 0.2) is 5.78 Å². The number of Topliss-reactive ketones (excluding diaryl/α,β-unsaturated/α-hetero) is 1. The van der Waals surface area contributed by atoms with Crippen LogP contribution in [0.2, 0.25) is 0 Å². The molecular formula is C76H92ClN9O11S3W. The minimum Gasteiger partial charge on any atom is -0.320 e. The first-order chi connectivity index (χ1) is 48.2. The van der Waals surface area contributed by atoms with E-state index < -0.39 is 35.3 Å². The Morgan fingerprint density at radius 1 is 0.673 bits per heavy atom. The van der Waals surface area contributed by atoms with Crippen molar-refractivity contribution in [1.29, 1.82) is 0 Å². The van der Waals surface area contributed by atoms with Crippen molar-refractivity contribution < 1.29 is 70.6 Å². The van der Waals surface area contributed by atoms with E-state index in [1.807, 2.05) is 120 Å². The topological polar surface area (TPSA) is 245 Å². The predicted octanol–water partition coefficient (Wildman–Crippen LogP) is 14.4. The van der Waals surface area contributed by atoms with Crippen LogP contribution in [0.25, 0.3) is 21.8 Å². The Kier molecular flexibility index (Phi) is 28.7. The molecule has 8 aromatic rings. The summed E-state index contributed by atoms with van der Waals surface area (Å²) in [6.07, 6.45) is 12.2. The summed E-state index contributed by atoms with van der Waals surface area (Å²) in [4.78, 5) is 115. The number of hydrogen-bond acceptors (Lipinski definition) is 14. The van der Waals surface area contributed by atoms with Crippen molar-refractivity contribution in [2.75, 3.05) is 45.5 Å². The minimum absolute atomic E-state index is 0.0423. The number of nitrogens with two attached hydrogens (primary N) is 1. The summed E-state index contributed by atoms with van der Waals surface area (Å²) in [5, 5.41) is 16.0. The van der Waals surface area contributed by atoms with Gasteiger partial charge < -0.3 is 54.6 Å². The number of nitrogens with zero attached hydrogens (tertiary/aromatic N) is 6. The number of alkyl carbamates (subject to hydrolysis) is 2. The third kappa shape index (κ3) is 21.6. The van der Waals surface area contributed by atoms with E-state index in [0.717, 1.165) is 107 Å². The summed E-state index contributed by atoms with van der Waals surface area (Å²) in [7, 11) is 5.53. The molecule has 0 spiro atoms. The molecule has 6 amide bonds. The van der Waals surface area contributed by atoms with Gasteiger partial charge in [-0.3, -0.25) is 24.0 Å². The van der Waals surface area contributed by atoms with Gasteiger partial charge in [-0.2, -0.15) is 32.3 Å². The number of ether oxygens (including phenoxy) is 2. The largest absolute Gasteiger partial charge is 0.373 e. The van der Waals surface area contributed by atoms with Crippen molar-refractivity contribution in [2.45, 2.75) is 175 Å². The second-order valence-corrected chi connectivity index (χ2v) is 38.4. The SMILES string of the molecule is CCCn1cc(CCNC(=O)OC(C)(C)C)c2ccccc21.CCCn1cc(C[C@@H](NC(=O)OC(C)(C)C)C(=O)CC2Cc3cccc(N4CCCC4=O)c3N(Cc3ccsc3)C2=O)c2ccccc21.C[S](Cl)=[W].NC1Cc2cccc(N3CCCC3=O)c2N(Cc2ccsc2)C1=O.O=C=O. The Bertz CT molecular complexity index is 4250. The van der Waals surface area contributed by atoms with Crippen LogP contribution in [0.1, 0.15) is 134 Å². The number of hydrogen-bond donors (Lipinski definition) is 3. The summed E-state index contributed by atoms with van der Waals surface area (Å²) < 4.78 is 15.3. The molecule has 0 saturated carbocycles. The van der Waals surface area contributed by atoms with Gasteiger partial charge in [0, 0.05) is 98.5 Å². The van der Waals surface area contributed by atoms with Gasteiger partial charge in [-0.05, 0) is 178 Å². The van der Waals surface area contributed by atoms with E-state index in [-0.39, 0.29) is 61.8 Å². The molecule has 4 aliphatic rings. The molecule has 101 heavy (non-hydrogen) atoms. The molecule has 4 N–H and O–H groups in total. The maximum absolute atomic E-state index is 14.4. The summed E-state index contributed by atoms with van der Waals surface area (Å²) in [6, 6.07) is 30.8. The zero-order valence-corrected chi connectivity index (χ0v) is 65.1. The van der Waals surface area contributed by atoms with Crippen LogP contribution in [0.15, 0.2) is 131 Å². The number of fused-ring (bicyclic) bond motifs is 4. The van der Waals surface area contributed by atoms with Gasteiger partial charge in [0.25, 0.3) is 0 Å². The van der Waals surface area contributed by atoms with E-state index >= 15 is 0 Å². The number of nitrogens with one attached hydrogen (secondary N) is 2. The Morgan fingerprint density at radius 3 is 1.60 bits per heavy atom. The molecule has 12 rings (SSSR count). The number of carbonyl (C=O) groups is 7. The maximum Gasteiger partial charge on any atom is 0.373 e. The monoisotopic (exact) mass is 1620 g/mol. The average molecular weight is 1620 g/mol. The first-order valence-corrected chi connectivity index (χ1v) is 42.0. The van der Waals surface area contributed by atoms with Crippen LogP contribution < -0.4 is 36.0 Å². The fourth-order valence-electron chi connectivity index (χ4n) is 13.0. The van der Waals surface area contributed by atoms with Gasteiger partial charge in [0.05, 0.1) is 47.9 Å². The summed E-state index contributed by atoms with van der Waals surface area (Å²) in [6.45, 7) is 19.8. The van der Waals surface area contributed by atoms with Gasteiger partial charge in [0.1, 0.15) is 11.2 Å². The normalized spacial score (nSPS) is 16.3.